The monoisotopic (exact) mass is 670 g/mol. The van der Waals surface area contributed by atoms with Gasteiger partial charge in [0, 0.05) is 27.7 Å². The molecule has 0 aliphatic heterocycles. The maximum absolute atomic E-state index is 4.95. The lowest BCUT2D eigenvalue weighted by atomic mass is 9.54. The summed E-state index contributed by atoms with van der Waals surface area (Å²) in [7, 11) is 0. The Morgan fingerprint density at radius 3 is 1.12 bits per heavy atom. The standard InChI is InChI=1S/C46H34N6/c1-45(2)37-23-9-11-25-39(37)46(40-26-12-10-24-38(40)45,35-21-13-19-33(27-35)43-49-29-47-41(51-43)31-15-5-3-6-16-31)36-22-14-20-34(28-36)44-50-30-48-42(52-44)32-17-7-4-8-18-32/h3-30H,1-2H3. The van der Waals surface area contributed by atoms with Crippen LogP contribution in [0.2, 0.25) is 0 Å². The van der Waals surface area contributed by atoms with Crippen LogP contribution < -0.4 is 0 Å². The number of nitrogens with zero attached hydrogens (tertiary/aromatic N) is 6. The van der Waals surface area contributed by atoms with E-state index in [1.165, 1.54) is 22.3 Å². The Kier molecular flexibility index (Phi) is 7.58. The Hall–Kier alpha value is -6.66. The van der Waals surface area contributed by atoms with Crippen LogP contribution in [0.3, 0.4) is 0 Å². The summed E-state index contributed by atoms with van der Waals surface area (Å²) in [5, 5.41) is 0. The molecule has 0 fully saturated rings. The minimum Gasteiger partial charge on any atom is -0.217 e. The van der Waals surface area contributed by atoms with Crippen molar-refractivity contribution in [2.75, 3.05) is 0 Å². The summed E-state index contributed by atoms with van der Waals surface area (Å²) in [6, 6.07) is 55.2. The van der Waals surface area contributed by atoms with E-state index >= 15 is 0 Å². The van der Waals surface area contributed by atoms with Gasteiger partial charge in [-0.05, 0) is 45.5 Å². The zero-order valence-electron chi connectivity index (χ0n) is 28.8. The van der Waals surface area contributed by atoms with Crippen LogP contribution in [0.1, 0.15) is 47.2 Å². The van der Waals surface area contributed by atoms with E-state index in [9.17, 15) is 0 Å². The molecule has 0 saturated carbocycles. The van der Waals surface area contributed by atoms with Gasteiger partial charge in [0.1, 0.15) is 12.7 Å². The molecule has 0 bridgehead atoms. The smallest absolute Gasteiger partial charge is 0.163 e. The highest BCUT2D eigenvalue weighted by Gasteiger charge is 2.49. The first-order valence-corrected chi connectivity index (χ1v) is 17.4. The van der Waals surface area contributed by atoms with Crippen LogP contribution in [0.4, 0.5) is 0 Å². The highest BCUT2D eigenvalue weighted by molar-refractivity contribution is 5.73. The van der Waals surface area contributed by atoms with Crippen molar-refractivity contribution in [1.82, 2.24) is 29.9 Å². The first-order valence-electron chi connectivity index (χ1n) is 17.4. The average molecular weight is 671 g/mol. The number of hydrogen-bond acceptors (Lipinski definition) is 6. The summed E-state index contributed by atoms with van der Waals surface area (Å²) in [4.78, 5) is 28.3. The van der Waals surface area contributed by atoms with E-state index in [4.69, 9.17) is 9.97 Å². The second kappa shape index (κ2) is 12.6. The predicted molar refractivity (Wildman–Crippen MR) is 205 cm³/mol. The molecule has 0 amide bonds. The number of rotatable bonds is 6. The highest BCUT2D eigenvalue weighted by atomic mass is 15.0. The van der Waals surface area contributed by atoms with Crippen LogP contribution in [0.25, 0.3) is 45.6 Å². The summed E-state index contributed by atoms with van der Waals surface area (Å²) in [5.41, 5.74) is 10.0. The summed E-state index contributed by atoms with van der Waals surface area (Å²) in [6.45, 7) is 4.65. The zero-order chi connectivity index (χ0) is 35.1. The van der Waals surface area contributed by atoms with Crippen molar-refractivity contribution in [2.24, 2.45) is 0 Å². The fraction of sp³-hybridized carbons (Fsp3) is 0.0870. The Balaban J connectivity index is 1.29. The fourth-order valence-electron chi connectivity index (χ4n) is 7.90. The average Bonchev–Trinajstić information content (AvgIpc) is 3.22. The summed E-state index contributed by atoms with van der Waals surface area (Å²) >= 11 is 0. The van der Waals surface area contributed by atoms with Crippen molar-refractivity contribution in [2.45, 2.75) is 24.7 Å². The van der Waals surface area contributed by atoms with Gasteiger partial charge < -0.3 is 0 Å². The van der Waals surface area contributed by atoms with Gasteiger partial charge in [0.15, 0.2) is 23.3 Å². The molecule has 0 spiro atoms. The van der Waals surface area contributed by atoms with Crippen molar-refractivity contribution in [3.05, 3.63) is 204 Å². The van der Waals surface area contributed by atoms with Gasteiger partial charge in [-0.1, -0.05) is 159 Å². The van der Waals surface area contributed by atoms with Gasteiger partial charge in [-0.3, -0.25) is 0 Å². The molecule has 2 aromatic heterocycles. The first kappa shape index (κ1) is 31.3. The molecule has 1 aliphatic carbocycles. The molecule has 0 radical (unpaired) electrons. The summed E-state index contributed by atoms with van der Waals surface area (Å²) < 4.78 is 0. The van der Waals surface area contributed by atoms with E-state index in [0.29, 0.717) is 23.3 Å². The Morgan fingerprint density at radius 1 is 0.346 bits per heavy atom. The van der Waals surface area contributed by atoms with E-state index in [0.717, 1.165) is 33.4 Å². The van der Waals surface area contributed by atoms with E-state index in [1.54, 1.807) is 12.7 Å². The van der Waals surface area contributed by atoms with Gasteiger partial charge in [-0.15, -0.1) is 0 Å². The second-order valence-electron chi connectivity index (χ2n) is 13.6. The number of fused-ring (bicyclic) bond motifs is 2. The molecule has 6 aromatic carbocycles. The lowest BCUT2D eigenvalue weighted by Crippen LogP contribution is -2.41. The van der Waals surface area contributed by atoms with Crippen LogP contribution in [-0.2, 0) is 10.8 Å². The minimum absolute atomic E-state index is 0.233. The molecule has 0 unspecified atom stereocenters. The molecule has 1 aliphatic rings. The molecule has 9 rings (SSSR count). The van der Waals surface area contributed by atoms with Crippen molar-refractivity contribution in [3.8, 4) is 45.6 Å². The summed E-state index contributed by atoms with van der Waals surface area (Å²) in [6.07, 6.45) is 3.20. The predicted octanol–water partition coefficient (Wildman–Crippen LogP) is 9.75. The third kappa shape index (κ3) is 5.11. The Bertz CT molecular complexity index is 2390. The van der Waals surface area contributed by atoms with Gasteiger partial charge in [0.25, 0.3) is 0 Å². The van der Waals surface area contributed by atoms with Crippen LogP contribution >= 0.6 is 0 Å². The molecule has 6 heteroatoms. The lowest BCUT2D eigenvalue weighted by molar-refractivity contribution is 0.558. The Morgan fingerprint density at radius 2 is 0.692 bits per heavy atom. The maximum Gasteiger partial charge on any atom is 0.163 e. The first-order chi connectivity index (χ1) is 25.5. The molecular formula is C46H34N6. The second-order valence-corrected chi connectivity index (χ2v) is 13.6. The number of hydrogen-bond donors (Lipinski definition) is 0. The van der Waals surface area contributed by atoms with Crippen LogP contribution in [0.15, 0.2) is 170 Å². The van der Waals surface area contributed by atoms with Crippen LogP contribution in [0, 0.1) is 0 Å². The molecular weight excluding hydrogens is 637 g/mol. The molecule has 52 heavy (non-hydrogen) atoms. The topological polar surface area (TPSA) is 77.3 Å². The van der Waals surface area contributed by atoms with E-state index < -0.39 is 5.41 Å². The lowest BCUT2D eigenvalue weighted by Gasteiger charge is -2.48. The zero-order valence-corrected chi connectivity index (χ0v) is 28.8. The van der Waals surface area contributed by atoms with Crippen molar-refractivity contribution in [3.63, 3.8) is 0 Å². The molecule has 0 atom stereocenters. The largest absolute Gasteiger partial charge is 0.217 e. The highest BCUT2D eigenvalue weighted by Crippen LogP contribution is 2.56. The molecule has 0 N–H and O–H groups in total. The molecule has 8 aromatic rings. The maximum atomic E-state index is 4.95. The van der Waals surface area contributed by atoms with Gasteiger partial charge in [-0.25, -0.2) is 29.9 Å². The van der Waals surface area contributed by atoms with Crippen molar-refractivity contribution in [1.29, 1.82) is 0 Å². The molecule has 248 valence electrons. The number of benzene rings is 6. The molecule has 2 heterocycles. The van der Waals surface area contributed by atoms with Crippen LogP contribution in [0.5, 0.6) is 0 Å². The van der Waals surface area contributed by atoms with Gasteiger partial charge in [0.2, 0.25) is 0 Å². The van der Waals surface area contributed by atoms with Gasteiger partial charge in [-0.2, -0.15) is 0 Å². The van der Waals surface area contributed by atoms with Gasteiger partial charge >= 0.3 is 0 Å². The van der Waals surface area contributed by atoms with Crippen LogP contribution in [-0.4, -0.2) is 29.9 Å². The third-order valence-electron chi connectivity index (χ3n) is 10.3. The summed E-state index contributed by atoms with van der Waals surface area (Å²) in [5.74, 6) is 2.52. The fourth-order valence-corrected chi connectivity index (χ4v) is 7.90. The SMILES string of the molecule is CC1(C)c2ccccc2C(c2cccc(-c3ncnc(-c4ccccc4)n3)c2)(c2cccc(-c3ncnc(-c4ccccc4)n3)c2)c2ccccc21. The molecule has 6 nitrogen and oxygen atoms in total. The minimum atomic E-state index is -0.695. The van der Waals surface area contributed by atoms with E-state index in [1.807, 2.05) is 60.7 Å². The van der Waals surface area contributed by atoms with Crippen molar-refractivity contribution < 1.29 is 0 Å². The van der Waals surface area contributed by atoms with Crippen molar-refractivity contribution >= 4 is 0 Å². The molecule has 0 saturated heterocycles. The normalized spacial score (nSPS) is 13.9. The van der Waals surface area contributed by atoms with Gasteiger partial charge in [0.05, 0.1) is 5.41 Å². The third-order valence-corrected chi connectivity index (χ3v) is 10.3. The quantitative estimate of drug-likeness (QED) is 0.175. The van der Waals surface area contributed by atoms with E-state index in [-0.39, 0.29) is 5.41 Å². The van der Waals surface area contributed by atoms with E-state index in [2.05, 4.69) is 131 Å². The Labute approximate surface area is 303 Å². The number of aromatic nitrogens is 6.